The van der Waals surface area contributed by atoms with E-state index in [0.29, 0.717) is 19.1 Å². The summed E-state index contributed by atoms with van der Waals surface area (Å²) in [6, 6.07) is 4.48. The van der Waals surface area contributed by atoms with Crippen molar-refractivity contribution < 1.29 is 14.3 Å². The third-order valence-corrected chi connectivity index (χ3v) is 6.37. The molecule has 164 valence electrons. The lowest BCUT2D eigenvalue weighted by Gasteiger charge is -2.23. The van der Waals surface area contributed by atoms with Gasteiger partial charge in [-0.25, -0.2) is 4.98 Å². The molecular weight excluding hydrogens is 394 g/mol. The van der Waals surface area contributed by atoms with Crippen molar-refractivity contribution in [3.63, 3.8) is 0 Å². The fraction of sp³-hybridized carbons (Fsp3) is 0.522. The molecule has 2 aliphatic heterocycles. The molecule has 8 nitrogen and oxygen atoms in total. The molecule has 1 atom stereocenters. The van der Waals surface area contributed by atoms with Gasteiger partial charge in [0, 0.05) is 49.1 Å². The molecule has 5 rings (SSSR count). The highest BCUT2D eigenvalue weighted by Gasteiger charge is 2.29. The molecule has 2 saturated heterocycles. The Labute approximate surface area is 181 Å². The molecule has 1 amide bonds. The molecule has 8 heteroatoms. The number of nitrogens with zero attached hydrogens (tertiary/aromatic N) is 4. The molecule has 1 unspecified atom stereocenters. The fourth-order valence-corrected chi connectivity index (χ4v) is 4.76. The maximum absolute atomic E-state index is 11.6. The van der Waals surface area contributed by atoms with Crippen LogP contribution >= 0.6 is 0 Å². The first-order valence-corrected chi connectivity index (χ1v) is 11.2. The Morgan fingerprint density at radius 1 is 1.29 bits per heavy atom. The number of hydrogen-bond donors (Lipinski definition) is 1. The summed E-state index contributed by atoms with van der Waals surface area (Å²) in [4.78, 5) is 18.0. The van der Waals surface area contributed by atoms with Crippen LogP contribution < -0.4 is 4.74 Å². The molecule has 3 aromatic rings. The van der Waals surface area contributed by atoms with Crippen LogP contribution in [0.4, 0.5) is 0 Å². The number of aromatic amines is 1. The van der Waals surface area contributed by atoms with Crippen molar-refractivity contribution >= 4 is 17.3 Å². The van der Waals surface area contributed by atoms with Gasteiger partial charge < -0.3 is 18.9 Å². The zero-order valence-corrected chi connectivity index (χ0v) is 18.1. The monoisotopic (exact) mass is 423 g/mol. The van der Waals surface area contributed by atoms with Crippen molar-refractivity contribution in [1.82, 2.24) is 24.6 Å². The van der Waals surface area contributed by atoms with Gasteiger partial charge in [0.2, 0.25) is 12.3 Å². The fourth-order valence-electron chi connectivity index (χ4n) is 4.76. The van der Waals surface area contributed by atoms with E-state index in [0.717, 1.165) is 66.5 Å². The summed E-state index contributed by atoms with van der Waals surface area (Å²) < 4.78 is 14.0. The van der Waals surface area contributed by atoms with E-state index in [1.54, 1.807) is 6.20 Å². The second-order valence-corrected chi connectivity index (χ2v) is 8.70. The number of aromatic nitrogens is 4. The average molecular weight is 424 g/mol. The summed E-state index contributed by atoms with van der Waals surface area (Å²) in [6.07, 6.45) is 8.71. The van der Waals surface area contributed by atoms with E-state index >= 15 is 0 Å². The van der Waals surface area contributed by atoms with Gasteiger partial charge in [0.05, 0.1) is 30.2 Å². The Bertz CT molecular complexity index is 1070. The molecule has 31 heavy (non-hydrogen) atoms. The highest BCUT2D eigenvalue weighted by molar-refractivity contribution is 5.96. The maximum Gasteiger partial charge on any atom is 0.225 e. The van der Waals surface area contributed by atoms with Crippen LogP contribution in [-0.2, 0) is 9.53 Å². The number of fused-ring (bicyclic) bond motifs is 1. The predicted molar refractivity (Wildman–Crippen MR) is 117 cm³/mol. The Hall–Kier alpha value is -2.87. The molecular formula is C23H29N5O3. The summed E-state index contributed by atoms with van der Waals surface area (Å²) in [5, 5.41) is 8.68. The molecule has 2 aliphatic rings. The minimum Gasteiger partial charge on any atom is -0.474 e. The van der Waals surface area contributed by atoms with Gasteiger partial charge in [-0.2, -0.15) is 5.10 Å². The van der Waals surface area contributed by atoms with Crippen molar-refractivity contribution in [1.29, 1.82) is 0 Å². The molecule has 0 aromatic carbocycles. The minimum atomic E-state index is 0.102. The zero-order valence-electron chi connectivity index (χ0n) is 18.1. The number of ether oxygens (including phenoxy) is 2. The topological polar surface area (TPSA) is 85.3 Å². The van der Waals surface area contributed by atoms with Crippen LogP contribution in [-0.4, -0.2) is 56.9 Å². The standard InChI is InChI=1S/C23H29N5O3/c1-15(2)28-13-16(12-20(28)19-4-3-9-27(19)14-29)22-21-18(25-26-22)5-8-24-23(21)31-17-6-10-30-11-7-17/h5,8,12-15,17,19H,3-4,6-7,9-11H2,1-2H3,(H,25,26). The van der Waals surface area contributed by atoms with Gasteiger partial charge in [-0.15, -0.1) is 0 Å². The first kappa shape index (κ1) is 20.1. The van der Waals surface area contributed by atoms with Crippen LogP contribution in [0.15, 0.2) is 24.5 Å². The van der Waals surface area contributed by atoms with Gasteiger partial charge in [0.25, 0.3) is 0 Å². The predicted octanol–water partition coefficient (Wildman–Crippen LogP) is 3.86. The van der Waals surface area contributed by atoms with Gasteiger partial charge in [-0.1, -0.05) is 0 Å². The number of nitrogens with one attached hydrogen (secondary N) is 1. The van der Waals surface area contributed by atoms with Crippen LogP contribution in [0.2, 0.25) is 0 Å². The first-order chi connectivity index (χ1) is 15.2. The SMILES string of the molecule is CC(C)n1cc(-c2n[nH]c3ccnc(OC4CCOCC4)c23)cc1C1CCCN1C=O. The highest BCUT2D eigenvalue weighted by atomic mass is 16.5. The summed E-state index contributed by atoms with van der Waals surface area (Å²) in [6.45, 7) is 6.57. The number of H-pyrrole nitrogens is 1. The van der Waals surface area contributed by atoms with E-state index < -0.39 is 0 Å². The summed E-state index contributed by atoms with van der Waals surface area (Å²) in [7, 11) is 0. The van der Waals surface area contributed by atoms with Crippen molar-refractivity contribution in [3.8, 4) is 17.1 Å². The number of hydrogen-bond acceptors (Lipinski definition) is 5. The summed E-state index contributed by atoms with van der Waals surface area (Å²) >= 11 is 0. The first-order valence-electron chi connectivity index (χ1n) is 11.2. The van der Waals surface area contributed by atoms with Crippen molar-refractivity contribution in [2.45, 2.75) is 57.7 Å². The van der Waals surface area contributed by atoms with Crippen LogP contribution in [0, 0.1) is 0 Å². The van der Waals surface area contributed by atoms with Crippen LogP contribution in [0.3, 0.4) is 0 Å². The Morgan fingerprint density at radius 2 is 2.13 bits per heavy atom. The third kappa shape index (κ3) is 3.69. The van der Waals surface area contributed by atoms with E-state index in [1.165, 1.54) is 0 Å². The molecule has 5 heterocycles. The number of carbonyl (C=O) groups is 1. The lowest BCUT2D eigenvalue weighted by atomic mass is 10.1. The van der Waals surface area contributed by atoms with E-state index in [1.807, 2.05) is 11.0 Å². The van der Waals surface area contributed by atoms with E-state index in [9.17, 15) is 4.79 Å². The summed E-state index contributed by atoms with van der Waals surface area (Å²) in [5.41, 5.74) is 3.90. The van der Waals surface area contributed by atoms with Crippen molar-refractivity contribution in [3.05, 3.63) is 30.2 Å². The molecule has 0 spiro atoms. The second kappa shape index (κ2) is 8.34. The Morgan fingerprint density at radius 3 is 2.90 bits per heavy atom. The van der Waals surface area contributed by atoms with Gasteiger partial charge in [-0.05, 0) is 38.8 Å². The van der Waals surface area contributed by atoms with E-state index in [2.05, 4.69) is 45.9 Å². The average Bonchev–Trinajstić information content (AvgIpc) is 3.51. The molecule has 3 aromatic heterocycles. The molecule has 2 fully saturated rings. The number of carbonyl (C=O) groups excluding carboxylic acids is 1. The van der Waals surface area contributed by atoms with E-state index in [4.69, 9.17) is 9.47 Å². The van der Waals surface area contributed by atoms with Crippen LogP contribution in [0.5, 0.6) is 5.88 Å². The zero-order chi connectivity index (χ0) is 21.4. The molecule has 0 saturated carbocycles. The second-order valence-electron chi connectivity index (χ2n) is 8.70. The minimum absolute atomic E-state index is 0.102. The molecule has 0 radical (unpaired) electrons. The number of pyridine rings is 1. The van der Waals surface area contributed by atoms with Crippen molar-refractivity contribution in [2.24, 2.45) is 0 Å². The number of amides is 1. The Kier molecular flexibility index (Phi) is 5.40. The number of rotatable bonds is 6. The Balaban J connectivity index is 1.56. The van der Waals surface area contributed by atoms with Gasteiger partial charge >= 0.3 is 0 Å². The summed E-state index contributed by atoms with van der Waals surface area (Å²) in [5.74, 6) is 0.613. The van der Waals surface area contributed by atoms with Crippen molar-refractivity contribution in [2.75, 3.05) is 19.8 Å². The maximum atomic E-state index is 11.6. The van der Waals surface area contributed by atoms with Gasteiger partial charge in [0.1, 0.15) is 11.8 Å². The quantitative estimate of drug-likeness (QED) is 0.609. The molecule has 1 N–H and O–H groups in total. The third-order valence-electron chi connectivity index (χ3n) is 6.37. The molecule has 0 bridgehead atoms. The largest absolute Gasteiger partial charge is 0.474 e. The lowest BCUT2D eigenvalue weighted by Crippen LogP contribution is -2.26. The highest BCUT2D eigenvalue weighted by Crippen LogP contribution is 2.39. The normalized spacial score (nSPS) is 20.1. The number of likely N-dealkylation sites (tertiary alicyclic amines) is 1. The van der Waals surface area contributed by atoms with Gasteiger partial charge in [0.15, 0.2) is 0 Å². The van der Waals surface area contributed by atoms with Gasteiger partial charge in [-0.3, -0.25) is 9.89 Å². The van der Waals surface area contributed by atoms with Crippen LogP contribution in [0.1, 0.15) is 57.3 Å². The molecule has 0 aliphatic carbocycles. The lowest BCUT2D eigenvalue weighted by molar-refractivity contribution is -0.119. The smallest absolute Gasteiger partial charge is 0.225 e. The van der Waals surface area contributed by atoms with E-state index in [-0.39, 0.29) is 18.2 Å². The van der Waals surface area contributed by atoms with Crippen LogP contribution in [0.25, 0.3) is 22.2 Å².